The molecule has 1 N–H and O–H groups in total. The van der Waals surface area contributed by atoms with E-state index in [0.717, 1.165) is 37.5 Å². The van der Waals surface area contributed by atoms with Crippen molar-refractivity contribution in [1.82, 2.24) is 15.1 Å². The molecule has 5 nitrogen and oxygen atoms in total. The van der Waals surface area contributed by atoms with Gasteiger partial charge < -0.3 is 0 Å². The Balaban J connectivity index is 1.21. The molecule has 0 radical (unpaired) electrons. The van der Waals surface area contributed by atoms with Crippen LogP contribution in [0.1, 0.15) is 59.2 Å². The molecule has 2 saturated heterocycles. The SMILES string of the molecule is O=C1CCC(N2Cc3cc(CN4CCC(c5ccccc5Cl)CC4)ccc3C2S)C(=O)N1. The number of benzene rings is 2. The van der Waals surface area contributed by atoms with Gasteiger partial charge in [0.25, 0.3) is 0 Å². The fraction of sp³-hybridized carbons (Fsp3) is 0.440. The number of hydrogen-bond acceptors (Lipinski definition) is 5. The molecule has 2 unspecified atom stereocenters. The molecular weight excluding hydrogens is 442 g/mol. The van der Waals surface area contributed by atoms with Crippen LogP contribution in [-0.4, -0.2) is 40.7 Å². The van der Waals surface area contributed by atoms with Gasteiger partial charge in [-0.3, -0.25) is 24.7 Å². The van der Waals surface area contributed by atoms with Gasteiger partial charge in [-0.25, -0.2) is 0 Å². The van der Waals surface area contributed by atoms with Crippen LogP contribution in [0.5, 0.6) is 0 Å². The van der Waals surface area contributed by atoms with E-state index in [9.17, 15) is 9.59 Å². The Morgan fingerprint density at radius 3 is 2.56 bits per heavy atom. The van der Waals surface area contributed by atoms with E-state index in [1.165, 1.54) is 22.3 Å². The summed E-state index contributed by atoms with van der Waals surface area (Å²) in [5.41, 5.74) is 4.97. The maximum Gasteiger partial charge on any atom is 0.243 e. The normalized spacial score (nSPS) is 25.1. The molecule has 0 saturated carbocycles. The molecule has 2 aromatic rings. The van der Waals surface area contributed by atoms with Crippen LogP contribution in [-0.2, 0) is 22.7 Å². The van der Waals surface area contributed by atoms with E-state index in [4.69, 9.17) is 24.2 Å². The van der Waals surface area contributed by atoms with Gasteiger partial charge in [0.15, 0.2) is 0 Å². The fourth-order valence-electron chi connectivity index (χ4n) is 5.35. The molecule has 2 aromatic carbocycles. The van der Waals surface area contributed by atoms with Gasteiger partial charge in [0.2, 0.25) is 11.8 Å². The van der Waals surface area contributed by atoms with Crippen LogP contribution in [0.2, 0.25) is 5.02 Å². The Morgan fingerprint density at radius 1 is 1.03 bits per heavy atom. The number of piperidine rings is 2. The summed E-state index contributed by atoms with van der Waals surface area (Å²) in [6.07, 6.45) is 3.19. The number of carbonyl (C=O) groups is 2. The van der Waals surface area contributed by atoms with Gasteiger partial charge in [0.1, 0.15) is 0 Å². The first-order chi connectivity index (χ1) is 15.5. The summed E-state index contributed by atoms with van der Waals surface area (Å²) in [4.78, 5) is 28.5. The molecule has 32 heavy (non-hydrogen) atoms. The highest BCUT2D eigenvalue weighted by Crippen LogP contribution is 2.40. The second-order valence-electron chi connectivity index (χ2n) is 9.12. The molecule has 2 fully saturated rings. The third-order valence-corrected chi connectivity index (χ3v) is 8.02. The van der Waals surface area contributed by atoms with Gasteiger partial charge in [0.05, 0.1) is 11.4 Å². The second-order valence-corrected chi connectivity index (χ2v) is 10.0. The van der Waals surface area contributed by atoms with Crippen molar-refractivity contribution in [3.8, 4) is 0 Å². The molecule has 2 atom stereocenters. The lowest BCUT2D eigenvalue weighted by Gasteiger charge is -2.32. The van der Waals surface area contributed by atoms with E-state index in [2.05, 4.69) is 45.4 Å². The molecule has 0 spiro atoms. The molecule has 0 aliphatic carbocycles. The molecule has 0 aromatic heterocycles. The highest BCUT2D eigenvalue weighted by Gasteiger charge is 2.39. The average molecular weight is 470 g/mol. The second kappa shape index (κ2) is 9.18. The van der Waals surface area contributed by atoms with E-state index in [-0.39, 0.29) is 23.2 Å². The number of nitrogens with one attached hydrogen (secondary N) is 1. The first kappa shape index (κ1) is 22.0. The van der Waals surface area contributed by atoms with E-state index in [1.807, 2.05) is 12.1 Å². The van der Waals surface area contributed by atoms with Crippen molar-refractivity contribution in [3.05, 3.63) is 69.7 Å². The number of carbonyl (C=O) groups excluding carboxylic acids is 2. The van der Waals surface area contributed by atoms with Gasteiger partial charge in [-0.05, 0) is 66.6 Å². The molecule has 7 heteroatoms. The first-order valence-electron chi connectivity index (χ1n) is 11.4. The minimum Gasteiger partial charge on any atom is -0.299 e. The Bertz CT molecular complexity index is 1040. The molecule has 168 valence electrons. The molecule has 2 amide bonds. The van der Waals surface area contributed by atoms with Crippen molar-refractivity contribution in [2.75, 3.05) is 13.1 Å². The molecule has 3 aliphatic heterocycles. The highest BCUT2D eigenvalue weighted by atomic mass is 35.5. The Morgan fingerprint density at radius 2 is 1.81 bits per heavy atom. The summed E-state index contributed by atoms with van der Waals surface area (Å²) in [5.74, 6) is 0.154. The van der Waals surface area contributed by atoms with Crippen LogP contribution in [0.3, 0.4) is 0 Å². The van der Waals surface area contributed by atoms with E-state index < -0.39 is 0 Å². The quantitative estimate of drug-likeness (QED) is 0.518. The van der Waals surface area contributed by atoms with Crippen molar-refractivity contribution in [3.63, 3.8) is 0 Å². The molecule has 3 heterocycles. The summed E-state index contributed by atoms with van der Waals surface area (Å²) >= 11 is 11.2. The standard InChI is InChI=1S/C25H28ClN3O2S/c26-21-4-2-1-3-19(21)17-9-11-28(12-10-17)14-16-5-6-20-18(13-16)15-29(25(20)32)22-7-8-23(30)27-24(22)31/h1-6,13,17,22,25,32H,7-12,14-15H2,(H,27,30,31). The zero-order chi connectivity index (χ0) is 22.2. The highest BCUT2D eigenvalue weighted by molar-refractivity contribution is 7.80. The number of likely N-dealkylation sites (tertiary alicyclic amines) is 1. The zero-order valence-electron chi connectivity index (χ0n) is 18.0. The number of thiol groups is 1. The predicted octanol–water partition coefficient (Wildman–Crippen LogP) is 4.27. The van der Waals surface area contributed by atoms with E-state index >= 15 is 0 Å². The Kier molecular flexibility index (Phi) is 6.30. The van der Waals surface area contributed by atoms with E-state index in [1.54, 1.807) is 0 Å². The maximum absolute atomic E-state index is 12.3. The number of fused-ring (bicyclic) bond motifs is 1. The first-order valence-corrected chi connectivity index (χ1v) is 12.2. The summed E-state index contributed by atoms with van der Waals surface area (Å²) in [6.45, 7) is 3.74. The van der Waals surface area contributed by atoms with Gasteiger partial charge >= 0.3 is 0 Å². The van der Waals surface area contributed by atoms with Crippen molar-refractivity contribution in [1.29, 1.82) is 0 Å². The third kappa shape index (κ3) is 4.34. The monoisotopic (exact) mass is 469 g/mol. The van der Waals surface area contributed by atoms with Crippen LogP contribution in [0.4, 0.5) is 0 Å². The summed E-state index contributed by atoms with van der Waals surface area (Å²) in [7, 11) is 0. The van der Waals surface area contributed by atoms with Crippen LogP contribution >= 0.6 is 24.2 Å². The van der Waals surface area contributed by atoms with Crippen LogP contribution < -0.4 is 5.32 Å². The largest absolute Gasteiger partial charge is 0.299 e. The third-order valence-electron chi connectivity index (χ3n) is 7.10. The number of amides is 2. The lowest BCUT2D eigenvalue weighted by Crippen LogP contribution is -2.51. The number of imide groups is 1. The van der Waals surface area contributed by atoms with Crippen LogP contribution in [0.15, 0.2) is 42.5 Å². The van der Waals surface area contributed by atoms with Crippen molar-refractivity contribution < 1.29 is 9.59 Å². The molecule has 0 bridgehead atoms. The number of nitrogens with zero attached hydrogens (tertiary/aromatic N) is 2. The topological polar surface area (TPSA) is 52.7 Å². The predicted molar refractivity (Wildman–Crippen MR) is 129 cm³/mol. The molecule has 5 rings (SSSR count). The van der Waals surface area contributed by atoms with Gasteiger partial charge in [-0.2, -0.15) is 12.6 Å². The lowest BCUT2D eigenvalue weighted by atomic mass is 9.89. The van der Waals surface area contributed by atoms with Gasteiger partial charge in [0, 0.05) is 24.5 Å². The smallest absolute Gasteiger partial charge is 0.243 e. The lowest BCUT2D eigenvalue weighted by molar-refractivity contribution is -0.137. The van der Waals surface area contributed by atoms with Gasteiger partial charge in [-0.15, -0.1) is 0 Å². The minimum atomic E-state index is -0.296. The Hall–Kier alpha value is -1.86. The van der Waals surface area contributed by atoms with Crippen molar-refractivity contribution in [2.24, 2.45) is 0 Å². The van der Waals surface area contributed by atoms with E-state index in [0.29, 0.717) is 25.3 Å². The number of halogens is 1. The van der Waals surface area contributed by atoms with Gasteiger partial charge in [-0.1, -0.05) is 48.0 Å². The van der Waals surface area contributed by atoms with Crippen molar-refractivity contribution in [2.45, 2.75) is 56.1 Å². The van der Waals surface area contributed by atoms with Crippen LogP contribution in [0, 0.1) is 0 Å². The fourth-order valence-corrected chi connectivity index (χ4v) is 6.14. The van der Waals surface area contributed by atoms with Crippen molar-refractivity contribution >= 4 is 36.0 Å². The maximum atomic E-state index is 12.3. The average Bonchev–Trinajstić information content (AvgIpc) is 3.10. The summed E-state index contributed by atoms with van der Waals surface area (Å²) in [5, 5.41) is 3.23. The summed E-state index contributed by atoms with van der Waals surface area (Å²) < 4.78 is 0. The Labute approximate surface area is 199 Å². The van der Waals surface area contributed by atoms with Crippen LogP contribution in [0.25, 0.3) is 0 Å². The minimum absolute atomic E-state index is 0.116. The molecular formula is C25H28ClN3O2S. The summed E-state index contributed by atoms with van der Waals surface area (Å²) in [6, 6.07) is 14.5. The molecule has 3 aliphatic rings. The zero-order valence-corrected chi connectivity index (χ0v) is 19.6. The number of hydrogen-bond donors (Lipinski definition) is 2. The number of rotatable bonds is 4.